The van der Waals surface area contributed by atoms with Crippen molar-refractivity contribution in [2.45, 2.75) is 0 Å². The van der Waals surface area contributed by atoms with Crippen LogP contribution in [-0.4, -0.2) is 15.0 Å². The highest BCUT2D eigenvalue weighted by Gasteiger charge is 2.22. The number of benzene rings is 9. The van der Waals surface area contributed by atoms with Crippen LogP contribution in [0.4, 0.5) is 0 Å². The second kappa shape index (κ2) is 14.5. The van der Waals surface area contributed by atoms with Crippen molar-refractivity contribution in [2.24, 2.45) is 0 Å². The van der Waals surface area contributed by atoms with E-state index >= 15 is 0 Å². The van der Waals surface area contributed by atoms with Crippen LogP contribution < -0.4 is 0 Å². The van der Waals surface area contributed by atoms with Gasteiger partial charge in [-0.15, -0.1) is 0 Å². The van der Waals surface area contributed by atoms with Crippen molar-refractivity contribution < 1.29 is 8.83 Å². The minimum Gasteiger partial charge on any atom is -0.456 e. The van der Waals surface area contributed by atoms with E-state index in [2.05, 4.69) is 170 Å². The van der Waals surface area contributed by atoms with Gasteiger partial charge in [0.1, 0.15) is 22.3 Å². The first-order valence-corrected chi connectivity index (χ1v) is 21.5. The van der Waals surface area contributed by atoms with Gasteiger partial charge >= 0.3 is 0 Å². The summed E-state index contributed by atoms with van der Waals surface area (Å²) in [6, 6.07) is 73.6. The third kappa shape index (κ3) is 5.83. The largest absolute Gasteiger partial charge is 0.456 e. The van der Waals surface area contributed by atoms with Crippen LogP contribution in [0.1, 0.15) is 0 Å². The SMILES string of the molecule is c1ccc(-c2cc(-c3cccc(-c4cccc5c4oc4ccccc45)c3)nc(-c3cccc(-c4nc5ccccc5c5c(-c6ccccc6)c6c(cc45)oc4ccccc46)c3)n2)cc1. The quantitative estimate of drug-likeness (QED) is 0.156. The first kappa shape index (κ1) is 36.0. The molecule has 0 fully saturated rings. The smallest absolute Gasteiger partial charge is 0.160 e. The highest BCUT2D eigenvalue weighted by atomic mass is 16.3. The molecule has 0 radical (unpaired) electrons. The molecule has 0 aliphatic rings. The molecule has 4 heterocycles. The lowest BCUT2D eigenvalue weighted by molar-refractivity contribution is 0.669. The Balaban J connectivity index is 1.01. The van der Waals surface area contributed by atoms with Crippen LogP contribution in [0.2, 0.25) is 0 Å². The molecule has 0 amide bonds. The van der Waals surface area contributed by atoms with Crippen molar-refractivity contribution in [1.29, 1.82) is 0 Å². The molecule has 13 rings (SSSR count). The van der Waals surface area contributed by atoms with Gasteiger partial charge in [0.25, 0.3) is 0 Å². The van der Waals surface area contributed by atoms with Crippen LogP contribution in [-0.2, 0) is 0 Å². The number of aromatic nitrogens is 3. The standard InChI is InChI=1S/C59H35N3O2/c1-3-16-36(17-4-1)49-35-50(39-21-13-20-38(32-39)42-27-15-28-44-43-24-8-11-30-51(43)64-58(42)44)62-59(61-49)41-23-14-22-40(33-41)57-47-34-53-56(46-26-9-12-31-52(46)63-53)54(37-18-5-2-6-19-37)55(47)45-25-7-10-29-48(45)60-57/h1-35H. The van der Waals surface area contributed by atoms with Gasteiger partial charge in [0, 0.05) is 71.1 Å². The van der Waals surface area contributed by atoms with Crippen LogP contribution >= 0.6 is 0 Å². The average Bonchev–Trinajstić information content (AvgIpc) is 3.94. The fourth-order valence-corrected chi connectivity index (χ4v) is 9.54. The van der Waals surface area contributed by atoms with E-state index in [-0.39, 0.29) is 0 Å². The molecule has 0 aliphatic carbocycles. The van der Waals surface area contributed by atoms with Crippen molar-refractivity contribution in [3.8, 4) is 67.4 Å². The Morgan fingerprint density at radius 1 is 0.312 bits per heavy atom. The van der Waals surface area contributed by atoms with Gasteiger partial charge in [-0.3, -0.25) is 0 Å². The fourth-order valence-electron chi connectivity index (χ4n) is 9.54. The molecule has 64 heavy (non-hydrogen) atoms. The molecule has 0 saturated heterocycles. The third-order valence-electron chi connectivity index (χ3n) is 12.5. The Morgan fingerprint density at radius 3 is 1.70 bits per heavy atom. The van der Waals surface area contributed by atoms with Gasteiger partial charge in [0.05, 0.1) is 22.6 Å². The summed E-state index contributed by atoms with van der Waals surface area (Å²) in [5, 5.41) is 7.63. The maximum absolute atomic E-state index is 6.65. The van der Waals surface area contributed by atoms with Crippen LogP contribution in [0, 0.1) is 0 Å². The van der Waals surface area contributed by atoms with Crippen molar-refractivity contribution >= 4 is 65.6 Å². The van der Waals surface area contributed by atoms with Crippen molar-refractivity contribution in [3.05, 3.63) is 212 Å². The fraction of sp³-hybridized carbons (Fsp3) is 0. The Kier molecular flexibility index (Phi) is 8.15. The Morgan fingerprint density at radius 2 is 0.891 bits per heavy atom. The molecule has 5 heteroatoms. The number of fused-ring (bicyclic) bond motifs is 9. The molecule has 0 bridgehead atoms. The van der Waals surface area contributed by atoms with E-state index in [1.165, 1.54) is 0 Å². The summed E-state index contributed by atoms with van der Waals surface area (Å²) in [5.74, 6) is 0.623. The monoisotopic (exact) mass is 817 g/mol. The van der Waals surface area contributed by atoms with E-state index in [0.29, 0.717) is 5.82 Å². The average molecular weight is 818 g/mol. The van der Waals surface area contributed by atoms with Gasteiger partial charge in [0.15, 0.2) is 5.82 Å². The van der Waals surface area contributed by atoms with E-state index in [0.717, 1.165) is 127 Å². The lowest BCUT2D eigenvalue weighted by Gasteiger charge is -2.16. The minimum atomic E-state index is 0.623. The summed E-state index contributed by atoms with van der Waals surface area (Å²) in [6.07, 6.45) is 0. The molecular weight excluding hydrogens is 783 g/mol. The summed E-state index contributed by atoms with van der Waals surface area (Å²) >= 11 is 0. The third-order valence-corrected chi connectivity index (χ3v) is 12.5. The lowest BCUT2D eigenvalue weighted by atomic mass is 9.89. The molecule has 0 atom stereocenters. The lowest BCUT2D eigenvalue weighted by Crippen LogP contribution is -1.97. The van der Waals surface area contributed by atoms with Gasteiger partial charge in [-0.1, -0.05) is 170 Å². The zero-order valence-corrected chi connectivity index (χ0v) is 34.4. The highest BCUT2D eigenvalue weighted by Crippen LogP contribution is 2.46. The van der Waals surface area contributed by atoms with Gasteiger partial charge in [-0.2, -0.15) is 0 Å². The molecule has 9 aromatic carbocycles. The molecule has 13 aromatic rings. The second-order valence-corrected chi connectivity index (χ2v) is 16.3. The van der Waals surface area contributed by atoms with E-state index in [1.807, 2.05) is 42.5 Å². The molecule has 0 saturated carbocycles. The number of nitrogens with zero attached hydrogens (tertiary/aromatic N) is 3. The molecular formula is C59H35N3O2. The van der Waals surface area contributed by atoms with Gasteiger partial charge in [-0.05, 0) is 53.6 Å². The van der Waals surface area contributed by atoms with Crippen LogP contribution in [0.25, 0.3) is 133 Å². The second-order valence-electron chi connectivity index (χ2n) is 16.3. The topological polar surface area (TPSA) is 65.0 Å². The predicted molar refractivity (Wildman–Crippen MR) is 262 cm³/mol. The normalized spacial score (nSPS) is 11.8. The first-order chi connectivity index (χ1) is 31.7. The van der Waals surface area contributed by atoms with Crippen LogP contribution in [0.3, 0.4) is 0 Å². The van der Waals surface area contributed by atoms with Crippen LogP contribution in [0.5, 0.6) is 0 Å². The van der Waals surface area contributed by atoms with E-state index in [9.17, 15) is 0 Å². The summed E-state index contributed by atoms with van der Waals surface area (Å²) in [7, 11) is 0. The van der Waals surface area contributed by atoms with Crippen molar-refractivity contribution in [3.63, 3.8) is 0 Å². The Hall–Kier alpha value is -8.67. The van der Waals surface area contributed by atoms with Crippen LogP contribution in [0.15, 0.2) is 221 Å². The molecule has 4 aromatic heterocycles. The maximum atomic E-state index is 6.65. The molecule has 0 aliphatic heterocycles. The molecule has 0 spiro atoms. The Labute approximate surface area is 367 Å². The zero-order valence-electron chi connectivity index (χ0n) is 34.4. The highest BCUT2D eigenvalue weighted by molar-refractivity contribution is 6.27. The minimum absolute atomic E-state index is 0.623. The van der Waals surface area contributed by atoms with Gasteiger partial charge in [0.2, 0.25) is 0 Å². The number of furan rings is 2. The number of rotatable bonds is 6. The van der Waals surface area contributed by atoms with Crippen molar-refractivity contribution in [2.75, 3.05) is 0 Å². The van der Waals surface area contributed by atoms with E-state index in [4.69, 9.17) is 23.8 Å². The summed E-state index contributed by atoms with van der Waals surface area (Å²) in [4.78, 5) is 16.0. The molecule has 5 nitrogen and oxygen atoms in total. The van der Waals surface area contributed by atoms with E-state index in [1.54, 1.807) is 0 Å². The summed E-state index contributed by atoms with van der Waals surface area (Å²) < 4.78 is 13.1. The predicted octanol–water partition coefficient (Wildman–Crippen LogP) is 16.0. The first-order valence-electron chi connectivity index (χ1n) is 21.5. The molecule has 0 N–H and O–H groups in total. The number of hydrogen-bond acceptors (Lipinski definition) is 5. The number of hydrogen-bond donors (Lipinski definition) is 0. The number of pyridine rings is 1. The maximum Gasteiger partial charge on any atom is 0.160 e. The number of para-hydroxylation sites is 4. The zero-order chi connectivity index (χ0) is 42.1. The van der Waals surface area contributed by atoms with Gasteiger partial charge < -0.3 is 8.83 Å². The van der Waals surface area contributed by atoms with E-state index < -0.39 is 0 Å². The Bertz CT molecular complexity index is 3960. The summed E-state index contributed by atoms with van der Waals surface area (Å²) in [6.45, 7) is 0. The van der Waals surface area contributed by atoms with Gasteiger partial charge in [-0.25, -0.2) is 15.0 Å². The van der Waals surface area contributed by atoms with Crippen molar-refractivity contribution in [1.82, 2.24) is 15.0 Å². The molecule has 0 unspecified atom stereocenters. The molecule has 298 valence electrons. The summed E-state index contributed by atoms with van der Waals surface area (Å²) in [5.41, 5.74) is 15.0.